The van der Waals surface area contributed by atoms with Crippen LogP contribution < -0.4 is 25.8 Å². The third kappa shape index (κ3) is 4.47. The second kappa shape index (κ2) is 8.84. The summed E-state index contributed by atoms with van der Waals surface area (Å²) >= 11 is 5.88. The molecule has 1 aliphatic heterocycles. The van der Waals surface area contributed by atoms with E-state index in [2.05, 4.69) is 15.6 Å². The zero-order valence-corrected chi connectivity index (χ0v) is 18.1. The summed E-state index contributed by atoms with van der Waals surface area (Å²) < 4.78 is 12.1. The fraction of sp³-hybridized carbons (Fsp3) is 0.125. The average Bonchev–Trinajstić information content (AvgIpc) is 3.29. The highest BCUT2D eigenvalue weighted by molar-refractivity contribution is 6.30. The Kier molecular flexibility index (Phi) is 5.58. The Hall–Kier alpha value is -4.04. The van der Waals surface area contributed by atoms with Crippen molar-refractivity contribution in [3.05, 3.63) is 87.8 Å². The Morgan fingerprint density at radius 1 is 1.03 bits per heavy atom. The maximum absolute atomic E-state index is 12.8. The molecular formula is C24H19ClN4O4. The molecular weight excluding hydrogens is 444 g/mol. The number of aromatic nitrogens is 2. The van der Waals surface area contributed by atoms with Crippen LogP contribution in [0.4, 0.5) is 11.5 Å². The normalized spacial score (nSPS) is 12.0. The summed E-state index contributed by atoms with van der Waals surface area (Å²) in [5.41, 5.74) is 1.64. The molecule has 0 unspecified atom stereocenters. The predicted octanol–water partition coefficient (Wildman–Crippen LogP) is 4.03. The number of fused-ring (bicyclic) bond motifs is 2. The van der Waals surface area contributed by atoms with Crippen LogP contribution in [0.2, 0.25) is 5.02 Å². The van der Waals surface area contributed by atoms with E-state index in [4.69, 9.17) is 21.1 Å². The highest BCUT2D eigenvalue weighted by Crippen LogP contribution is 2.32. The molecule has 0 saturated heterocycles. The van der Waals surface area contributed by atoms with Gasteiger partial charge in [-0.1, -0.05) is 29.8 Å². The van der Waals surface area contributed by atoms with E-state index in [0.717, 1.165) is 10.9 Å². The van der Waals surface area contributed by atoms with Gasteiger partial charge in [0.05, 0.1) is 5.52 Å². The number of amides is 1. The largest absolute Gasteiger partial charge is 0.454 e. The van der Waals surface area contributed by atoms with Crippen molar-refractivity contribution in [2.24, 2.45) is 0 Å². The van der Waals surface area contributed by atoms with E-state index >= 15 is 0 Å². The quantitative estimate of drug-likeness (QED) is 0.449. The van der Waals surface area contributed by atoms with Crippen molar-refractivity contribution in [1.82, 2.24) is 9.55 Å². The molecule has 2 heterocycles. The Morgan fingerprint density at radius 2 is 1.82 bits per heavy atom. The number of anilines is 2. The van der Waals surface area contributed by atoms with Crippen molar-refractivity contribution in [3.63, 3.8) is 0 Å². The van der Waals surface area contributed by atoms with E-state index in [-0.39, 0.29) is 19.2 Å². The van der Waals surface area contributed by atoms with Crippen LogP contribution in [0.25, 0.3) is 10.9 Å². The zero-order valence-electron chi connectivity index (χ0n) is 17.4. The molecule has 8 nitrogen and oxygen atoms in total. The number of carbonyl (C=O) groups excluding carboxylic acids is 1. The first-order valence-electron chi connectivity index (χ1n) is 10.2. The lowest BCUT2D eigenvalue weighted by atomic mass is 10.2. The molecule has 0 spiro atoms. The molecule has 2 N–H and O–H groups in total. The van der Waals surface area contributed by atoms with Gasteiger partial charge in [0, 0.05) is 22.6 Å². The van der Waals surface area contributed by atoms with E-state index in [9.17, 15) is 9.59 Å². The van der Waals surface area contributed by atoms with Crippen LogP contribution in [-0.4, -0.2) is 22.3 Å². The smallest absolute Gasteiger partial charge is 0.350 e. The van der Waals surface area contributed by atoms with Gasteiger partial charge in [-0.15, -0.1) is 0 Å². The minimum Gasteiger partial charge on any atom is -0.454 e. The van der Waals surface area contributed by atoms with Crippen molar-refractivity contribution >= 4 is 39.9 Å². The molecule has 1 aromatic heterocycles. The van der Waals surface area contributed by atoms with Gasteiger partial charge in [-0.25, -0.2) is 4.79 Å². The Bertz CT molecular complexity index is 1400. The Morgan fingerprint density at radius 3 is 2.67 bits per heavy atom. The standard InChI is InChI=1S/C24H19ClN4O4/c25-16-6-8-17(9-7-16)27-22(30)13-29-19-4-2-1-3-18(19)23(28-24(29)31)26-12-15-5-10-20-21(11-15)33-14-32-20/h1-11H,12-14H2,(H,27,30)(H,26,28,31). The fourth-order valence-corrected chi connectivity index (χ4v) is 3.76. The summed E-state index contributed by atoms with van der Waals surface area (Å²) in [7, 11) is 0. The number of hydrogen-bond donors (Lipinski definition) is 2. The van der Waals surface area contributed by atoms with Crippen molar-refractivity contribution in [1.29, 1.82) is 0 Å². The highest BCUT2D eigenvalue weighted by Gasteiger charge is 2.15. The summed E-state index contributed by atoms with van der Waals surface area (Å²) in [6.45, 7) is 0.480. The lowest BCUT2D eigenvalue weighted by Gasteiger charge is -2.14. The molecule has 0 fully saturated rings. The number of ether oxygens (including phenoxy) is 2. The average molecular weight is 463 g/mol. The topological polar surface area (TPSA) is 94.5 Å². The maximum Gasteiger partial charge on any atom is 0.350 e. The molecule has 0 aliphatic carbocycles. The van der Waals surface area contributed by atoms with Gasteiger partial charge < -0.3 is 20.1 Å². The molecule has 4 aromatic rings. The minimum absolute atomic E-state index is 0.169. The van der Waals surface area contributed by atoms with E-state index in [0.29, 0.717) is 40.1 Å². The molecule has 0 saturated carbocycles. The van der Waals surface area contributed by atoms with Crippen molar-refractivity contribution in [2.45, 2.75) is 13.1 Å². The maximum atomic E-state index is 12.8. The second-order valence-corrected chi connectivity index (χ2v) is 7.88. The lowest BCUT2D eigenvalue weighted by Crippen LogP contribution is -2.30. The van der Waals surface area contributed by atoms with Crippen LogP contribution in [0.3, 0.4) is 0 Å². The molecule has 0 atom stereocenters. The predicted molar refractivity (Wildman–Crippen MR) is 126 cm³/mol. The van der Waals surface area contributed by atoms with E-state index in [1.807, 2.05) is 36.4 Å². The second-order valence-electron chi connectivity index (χ2n) is 7.44. The van der Waals surface area contributed by atoms with Gasteiger partial charge in [0.1, 0.15) is 12.4 Å². The van der Waals surface area contributed by atoms with Crippen molar-refractivity contribution in [2.75, 3.05) is 17.4 Å². The molecule has 5 rings (SSSR count). The number of hydrogen-bond acceptors (Lipinski definition) is 6. The van der Waals surface area contributed by atoms with Crippen LogP contribution in [0.15, 0.2) is 71.5 Å². The number of rotatable bonds is 6. The molecule has 1 aliphatic rings. The SMILES string of the molecule is O=C(Cn1c(=O)nc(NCc2ccc3c(c2)OCO3)c2ccccc21)Nc1ccc(Cl)cc1. The van der Waals surface area contributed by atoms with Crippen LogP contribution in [0.1, 0.15) is 5.56 Å². The molecule has 33 heavy (non-hydrogen) atoms. The molecule has 0 radical (unpaired) electrons. The van der Waals surface area contributed by atoms with E-state index < -0.39 is 5.69 Å². The summed E-state index contributed by atoms with van der Waals surface area (Å²) in [6.07, 6.45) is 0. The summed E-state index contributed by atoms with van der Waals surface area (Å²) in [5, 5.41) is 7.30. The zero-order chi connectivity index (χ0) is 22.8. The first-order chi connectivity index (χ1) is 16.1. The number of nitrogens with zero attached hydrogens (tertiary/aromatic N) is 2. The summed E-state index contributed by atoms with van der Waals surface area (Å²) in [6, 6.07) is 19.7. The number of para-hydroxylation sites is 1. The van der Waals surface area contributed by atoms with Crippen molar-refractivity contribution in [3.8, 4) is 11.5 Å². The minimum atomic E-state index is -0.520. The van der Waals surface area contributed by atoms with Gasteiger partial charge in [0.25, 0.3) is 0 Å². The number of carbonyl (C=O) groups is 1. The third-order valence-electron chi connectivity index (χ3n) is 5.21. The molecule has 1 amide bonds. The molecule has 166 valence electrons. The van der Waals surface area contributed by atoms with Gasteiger partial charge >= 0.3 is 5.69 Å². The summed E-state index contributed by atoms with van der Waals surface area (Å²) in [4.78, 5) is 29.6. The molecule has 9 heteroatoms. The van der Waals surface area contributed by atoms with Gasteiger partial charge in [0.15, 0.2) is 11.5 Å². The van der Waals surface area contributed by atoms with Gasteiger partial charge in [-0.05, 0) is 54.1 Å². The number of halogens is 1. The lowest BCUT2D eigenvalue weighted by molar-refractivity contribution is -0.116. The van der Waals surface area contributed by atoms with Crippen LogP contribution >= 0.6 is 11.6 Å². The van der Waals surface area contributed by atoms with Crippen molar-refractivity contribution < 1.29 is 14.3 Å². The Labute approximate surface area is 193 Å². The van der Waals surface area contributed by atoms with Crippen LogP contribution in [0, 0.1) is 0 Å². The molecule has 0 bridgehead atoms. The Balaban J connectivity index is 1.38. The molecule has 3 aromatic carbocycles. The van der Waals surface area contributed by atoms with Gasteiger partial charge in [-0.2, -0.15) is 4.98 Å². The van der Waals surface area contributed by atoms with Crippen LogP contribution in [-0.2, 0) is 17.9 Å². The van der Waals surface area contributed by atoms with E-state index in [1.165, 1.54) is 4.57 Å². The van der Waals surface area contributed by atoms with E-state index in [1.54, 1.807) is 30.3 Å². The van der Waals surface area contributed by atoms with Crippen LogP contribution in [0.5, 0.6) is 11.5 Å². The summed E-state index contributed by atoms with van der Waals surface area (Å²) in [5.74, 6) is 1.51. The number of benzene rings is 3. The van der Waals surface area contributed by atoms with Gasteiger partial charge in [0.2, 0.25) is 12.7 Å². The third-order valence-corrected chi connectivity index (χ3v) is 5.47. The monoisotopic (exact) mass is 462 g/mol. The first kappa shape index (κ1) is 20.8. The number of nitrogens with one attached hydrogen (secondary N) is 2. The fourth-order valence-electron chi connectivity index (χ4n) is 3.63. The van der Waals surface area contributed by atoms with Gasteiger partial charge in [-0.3, -0.25) is 9.36 Å². The first-order valence-corrected chi connectivity index (χ1v) is 10.6. The highest BCUT2D eigenvalue weighted by atomic mass is 35.5.